The van der Waals surface area contributed by atoms with E-state index in [-0.39, 0.29) is 0 Å². The second-order valence-corrected chi connectivity index (χ2v) is 11.6. The van der Waals surface area contributed by atoms with Crippen molar-refractivity contribution in [2.45, 2.75) is 213 Å². The second kappa shape index (κ2) is 58.9. The molecular weight excluding hydrogens is 550 g/mol. The molecule has 0 radical (unpaired) electrons. The Bertz CT molecular complexity index is 436. The van der Waals surface area contributed by atoms with Crippen LogP contribution in [-0.2, 0) is 4.79 Å². The molecule has 0 saturated heterocycles. The van der Waals surface area contributed by atoms with Crippen molar-refractivity contribution in [1.82, 2.24) is 14.7 Å². The minimum absolute atomic E-state index is 0.299. The molecule has 0 heterocycles. The summed E-state index contributed by atoms with van der Waals surface area (Å²) in [6.45, 7) is 39.5. The summed E-state index contributed by atoms with van der Waals surface area (Å²) in [7, 11) is 0. The minimum Gasteiger partial charge on any atom is -0.342 e. The molecule has 1 amide bonds. The highest BCUT2D eigenvalue weighted by molar-refractivity contribution is 5.78. The predicted molar refractivity (Wildman–Crippen MR) is 213 cm³/mol. The Kier molecular flexibility index (Phi) is 74.2. The van der Waals surface area contributed by atoms with Crippen LogP contribution in [-0.4, -0.2) is 73.0 Å². The number of rotatable bonds is 24. The molecule has 45 heavy (non-hydrogen) atoms. The average molecular weight is 646 g/mol. The van der Waals surface area contributed by atoms with Crippen molar-refractivity contribution in [2.24, 2.45) is 0 Å². The van der Waals surface area contributed by atoms with Gasteiger partial charge in [0.15, 0.2) is 0 Å². The van der Waals surface area contributed by atoms with Gasteiger partial charge in [-0.2, -0.15) is 0 Å². The smallest absolute Gasteiger partial charge is 0.236 e. The van der Waals surface area contributed by atoms with Crippen LogP contribution in [0.25, 0.3) is 0 Å². The maximum atomic E-state index is 12.7. The normalized spacial score (nSPS) is 9.71. The number of nitrogens with zero attached hydrogens (tertiary/aromatic N) is 3. The highest BCUT2D eigenvalue weighted by atomic mass is 16.2. The molecule has 0 aromatic heterocycles. The van der Waals surface area contributed by atoms with E-state index in [4.69, 9.17) is 0 Å². The Morgan fingerprint density at radius 2 is 0.667 bits per heavy atom. The Labute approximate surface area is 290 Å². The first-order valence-electron chi connectivity index (χ1n) is 20.6. The van der Waals surface area contributed by atoms with E-state index in [1.165, 1.54) is 116 Å². The summed E-state index contributed by atoms with van der Waals surface area (Å²) in [4.78, 5) is 19.7. The van der Waals surface area contributed by atoms with Crippen LogP contribution in [0, 0.1) is 0 Å². The third-order valence-corrected chi connectivity index (χ3v) is 6.81. The third kappa shape index (κ3) is 56.1. The van der Waals surface area contributed by atoms with Gasteiger partial charge in [0.05, 0.1) is 6.54 Å². The van der Waals surface area contributed by atoms with Crippen LogP contribution in [0.2, 0.25) is 0 Å². The zero-order valence-electron chi connectivity index (χ0n) is 34.9. The van der Waals surface area contributed by atoms with Crippen LogP contribution < -0.4 is 0 Å². The van der Waals surface area contributed by atoms with E-state index >= 15 is 0 Å². The third-order valence-electron chi connectivity index (χ3n) is 6.81. The van der Waals surface area contributed by atoms with Crippen molar-refractivity contribution in [3.05, 3.63) is 0 Å². The molecule has 0 aromatic carbocycles. The second-order valence-electron chi connectivity index (χ2n) is 11.6. The first-order valence-corrected chi connectivity index (χ1v) is 20.6. The molecule has 0 fully saturated rings. The lowest BCUT2D eigenvalue weighted by Gasteiger charge is -2.29. The monoisotopic (exact) mass is 646 g/mol. The molecule has 0 saturated carbocycles. The molecule has 0 rings (SSSR count). The SMILES string of the molecule is CC.CC.CCC.CCC.CCC.CCCCCCCCCN(CC)CCN(CCCCCCCCC)CC(=O)N(CC)CC. The van der Waals surface area contributed by atoms with E-state index in [0.717, 1.165) is 39.3 Å². The van der Waals surface area contributed by atoms with E-state index in [9.17, 15) is 4.79 Å². The highest BCUT2D eigenvalue weighted by Gasteiger charge is 2.16. The number of likely N-dealkylation sites (N-methyl/N-ethyl adjacent to an activating group) is 2. The summed E-state index contributed by atoms with van der Waals surface area (Å²) in [6, 6.07) is 0. The summed E-state index contributed by atoms with van der Waals surface area (Å²) >= 11 is 0. The molecule has 0 unspecified atom stereocenters. The van der Waals surface area contributed by atoms with Gasteiger partial charge in [0, 0.05) is 26.2 Å². The molecule has 280 valence electrons. The maximum absolute atomic E-state index is 12.7. The number of carbonyl (C=O) groups is 1. The molecule has 4 nitrogen and oxygen atoms in total. The van der Waals surface area contributed by atoms with Crippen LogP contribution in [0.15, 0.2) is 0 Å². The van der Waals surface area contributed by atoms with E-state index in [0.29, 0.717) is 12.5 Å². The quantitative estimate of drug-likeness (QED) is 0.0977. The largest absolute Gasteiger partial charge is 0.342 e. The summed E-state index contributed by atoms with van der Waals surface area (Å²) in [5, 5.41) is 0. The Balaban J connectivity index is -0.000000251. The maximum Gasteiger partial charge on any atom is 0.236 e. The lowest BCUT2D eigenvalue weighted by molar-refractivity contribution is -0.132. The summed E-state index contributed by atoms with van der Waals surface area (Å²) in [5.74, 6) is 0.299. The summed E-state index contributed by atoms with van der Waals surface area (Å²) in [5.41, 5.74) is 0. The molecule has 0 spiro atoms. The Morgan fingerprint density at radius 3 is 0.978 bits per heavy atom. The number of carbonyl (C=O) groups excluding carboxylic acids is 1. The Hall–Kier alpha value is -0.610. The van der Waals surface area contributed by atoms with E-state index in [2.05, 4.69) is 86.0 Å². The van der Waals surface area contributed by atoms with Crippen molar-refractivity contribution < 1.29 is 4.79 Å². The standard InChI is InChI=1S/C28H59N3O.3C3H8.2C2H6/c1-6-11-13-15-17-19-21-23-29(8-3)25-26-30(27-28(32)31(9-4)10-5)24-22-20-18-16-14-12-7-2;3*1-3-2;2*1-2/h6-27H2,1-5H3;3*3H2,1-2H3;2*1-2H3. The van der Waals surface area contributed by atoms with E-state index in [1.807, 2.05) is 32.6 Å². The number of amides is 1. The van der Waals surface area contributed by atoms with Crippen LogP contribution in [0.4, 0.5) is 0 Å². The van der Waals surface area contributed by atoms with Gasteiger partial charge in [-0.25, -0.2) is 0 Å². The predicted octanol–water partition coefficient (Wildman–Crippen LogP) is 13.3. The molecule has 0 bridgehead atoms. The van der Waals surface area contributed by atoms with Gasteiger partial charge in [0.1, 0.15) is 0 Å². The van der Waals surface area contributed by atoms with Gasteiger partial charge in [0.25, 0.3) is 0 Å². The fraction of sp³-hybridized carbons (Fsp3) is 0.976. The van der Waals surface area contributed by atoms with Crippen LogP contribution in [0.1, 0.15) is 213 Å². The van der Waals surface area contributed by atoms with Crippen LogP contribution >= 0.6 is 0 Å². The van der Waals surface area contributed by atoms with Gasteiger partial charge in [-0.3, -0.25) is 9.69 Å². The van der Waals surface area contributed by atoms with E-state index < -0.39 is 0 Å². The Morgan fingerprint density at radius 1 is 0.378 bits per heavy atom. The molecule has 4 heteroatoms. The average Bonchev–Trinajstić information content (AvgIpc) is 3.05. The van der Waals surface area contributed by atoms with Gasteiger partial charge in [-0.15, -0.1) is 0 Å². The number of unbranched alkanes of at least 4 members (excludes halogenated alkanes) is 12. The van der Waals surface area contributed by atoms with Gasteiger partial charge >= 0.3 is 0 Å². The molecule has 0 aliphatic heterocycles. The number of hydrogen-bond donors (Lipinski definition) is 0. The van der Waals surface area contributed by atoms with Crippen molar-refractivity contribution in [2.75, 3.05) is 52.4 Å². The van der Waals surface area contributed by atoms with Gasteiger partial charge in [0.2, 0.25) is 5.91 Å². The minimum atomic E-state index is 0.299. The topological polar surface area (TPSA) is 26.8 Å². The lowest BCUT2D eigenvalue weighted by Crippen LogP contribution is -2.43. The lowest BCUT2D eigenvalue weighted by atomic mass is 10.1. The molecule has 0 atom stereocenters. The van der Waals surface area contributed by atoms with Crippen LogP contribution in [0.3, 0.4) is 0 Å². The van der Waals surface area contributed by atoms with Crippen LogP contribution in [0.5, 0.6) is 0 Å². The number of hydrogen-bond acceptors (Lipinski definition) is 3. The van der Waals surface area contributed by atoms with Crippen molar-refractivity contribution in [1.29, 1.82) is 0 Å². The first-order chi connectivity index (χ1) is 21.9. The highest BCUT2D eigenvalue weighted by Crippen LogP contribution is 2.10. The zero-order chi connectivity index (χ0) is 36.0. The van der Waals surface area contributed by atoms with Gasteiger partial charge in [-0.1, -0.05) is 186 Å². The van der Waals surface area contributed by atoms with Crippen molar-refractivity contribution in [3.63, 3.8) is 0 Å². The molecule has 0 aliphatic rings. The molecule has 0 aliphatic carbocycles. The fourth-order valence-corrected chi connectivity index (χ4v) is 4.43. The van der Waals surface area contributed by atoms with Gasteiger partial charge < -0.3 is 9.80 Å². The molecule has 0 aromatic rings. The molecular formula is C41H95N3O. The van der Waals surface area contributed by atoms with E-state index in [1.54, 1.807) is 0 Å². The first kappa shape index (κ1) is 56.7. The van der Waals surface area contributed by atoms with Gasteiger partial charge in [-0.05, 0) is 46.3 Å². The summed E-state index contributed by atoms with van der Waals surface area (Å²) < 4.78 is 0. The van der Waals surface area contributed by atoms with Crippen molar-refractivity contribution in [3.8, 4) is 0 Å². The zero-order valence-corrected chi connectivity index (χ0v) is 34.9. The summed E-state index contributed by atoms with van der Waals surface area (Å²) in [6.07, 6.45) is 22.6. The van der Waals surface area contributed by atoms with Crippen molar-refractivity contribution >= 4 is 5.91 Å². The fourth-order valence-electron chi connectivity index (χ4n) is 4.43. The molecule has 0 N–H and O–H groups in total.